The van der Waals surface area contributed by atoms with Crippen LogP contribution in [0.2, 0.25) is 0 Å². The van der Waals surface area contributed by atoms with E-state index in [-0.39, 0.29) is 11.5 Å². The summed E-state index contributed by atoms with van der Waals surface area (Å²) in [5.74, 6) is -1.05. The molecule has 29 heavy (non-hydrogen) atoms. The van der Waals surface area contributed by atoms with Crippen LogP contribution in [0.15, 0.2) is 29.1 Å². The second-order valence-electron chi connectivity index (χ2n) is 7.63. The lowest BCUT2D eigenvalue weighted by molar-refractivity contribution is -0.0789. The van der Waals surface area contributed by atoms with E-state index in [4.69, 9.17) is 4.74 Å². The van der Waals surface area contributed by atoms with E-state index >= 15 is 0 Å². The van der Waals surface area contributed by atoms with Crippen LogP contribution in [0, 0.1) is 5.82 Å². The van der Waals surface area contributed by atoms with Crippen molar-refractivity contribution < 1.29 is 19.0 Å². The lowest BCUT2D eigenvalue weighted by atomic mass is 9.99. The lowest BCUT2D eigenvalue weighted by Crippen LogP contribution is -2.44. The molecule has 8 heteroatoms. The number of nitrogens with one attached hydrogen (secondary N) is 1. The molecule has 2 N–H and O–H groups in total. The number of halogens is 1. The van der Waals surface area contributed by atoms with Crippen LogP contribution in [-0.2, 0) is 23.3 Å². The molecule has 2 heterocycles. The number of fused-ring (bicyclic) bond motifs is 2. The summed E-state index contributed by atoms with van der Waals surface area (Å²) in [6.45, 7) is 1.05. The fourth-order valence-corrected chi connectivity index (χ4v) is 4.20. The van der Waals surface area contributed by atoms with Gasteiger partial charge in [-0.1, -0.05) is 12.1 Å². The summed E-state index contributed by atoms with van der Waals surface area (Å²) in [6, 6.07) is 6.21. The Balaban J connectivity index is 1.48. The van der Waals surface area contributed by atoms with E-state index in [0.29, 0.717) is 38.4 Å². The molecular formula is C21H24FN3O4. The van der Waals surface area contributed by atoms with Gasteiger partial charge in [0.25, 0.3) is 11.5 Å². The molecule has 0 radical (unpaired) electrons. The molecule has 1 aromatic carbocycles. The molecule has 1 saturated carbocycles. The van der Waals surface area contributed by atoms with E-state index in [1.807, 2.05) is 0 Å². The molecule has 4 rings (SSSR count). The van der Waals surface area contributed by atoms with Crippen LogP contribution in [0.3, 0.4) is 0 Å². The summed E-state index contributed by atoms with van der Waals surface area (Å²) in [5, 5.41) is 13.0. The number of rotatable bonds is 5. The second-order valence-corrected chi connectivity index (χ2v) is 7.63. The number of benzene rings is 1. The Morgan fingerprint density at radius 3 is 2.72 bits per heavy atom. The minimum absolute atomic E-state index is 0.250. The van der Waals surface area contributed by atoms with E-state index in [1.54, 1.807) is 12.1 Å². The zero-order valence-electron chi connectivity index (χ0n) is 16.1. The molecule has 1 fully saturated rings. The quantitative estimate of drug-likeness (QED) is 0.750. The van der Waals surface area contributed by atoms with Gasteiger partial charge in [0.1, 0.15) is 17.2 Å². The number of nitrogens with zero attached hydrogens (tertiary/aromatic N) is 2. The number of hydrogen-bond acceptors (Lipinski definition) is 5. The van der Waals surface area contributed by atoms with Gasteiger partial charge in [-0.15, -0.1) is 0 Å². The molecule has 1 spiro atoms. The summed E-state index contributed by atoms with van der Waals surface area (Å²) < 4.78 is 20.4. The van der Waals surface area contributed by atoms with Crippen molar-refractivity contribution >= 4 is 5.91 Å². The first-order chi connectivity index (χ1) is 14.0. The number of carbonyl (C=O) groups excluding carboxylic acids is 1. The zero-order chi connectivity index (χ0) is 20.4. The highest BCUT2D eigenvalue weighted by Gasteiger charge is 2.44. The lowest BCUT2D eigenvalue weighted by Gasteiger charge is -2.35. The van der Waals surface area contributed by atoms with Crippen LogP contribution < -0.4 is 10.9 Å². The van der Waals surface area contributed by atoms with Crippen molar-refractivity contribution in [2.45, 2.75) is 50.7 Å². The Morgan fingerprint density at radius 1 is 1.28 bits per heavy atom. The number of hydrogen-bond donors (Lipinski definition) is 2. The molecule has 7 nitrogen and oxygen atoms in total. The van der Waals surface area contributed by atoms with Crippen molar-refractivity contribution in [2.24, 2.45) is 0 Å². The Morgan fingerprint density at radius 2 is 2.00 bits per heavy atom. The largest absolute Gasteiger partial charge is 0.501 e. The average molecular weight is 401 g/mol. The highest BCUT2D eigenvalue weighted by molar-refractivity contribution is 5.94. The number of ether oxygens (including phenoxy) is 1. The Hall–Kier alpha value is -2.74. The van der Waals surface area contributed by atoms with Crippen LogP contribution in [0.4, 0.5) is 4.39 Å². The minimum atomic E-state index is -0.636. The molecule has 154 valence electrons. The maximum absolute atomic E-state index is 12.9. The maximum atomic E-state index is 12.9. The van der Waals surface area contributed by atoms with Crippen LogP contribution in [-0.4, -0.2) is 33.7 Å². The monoisotopic (exact) mass is 401 g/mol. The molecule has 0 unspecified atom stereocenters. The molecule has 0 atom stereocenters. The van der Waals surface area contributed by atoms with Gasteiger partial charge in [0.05, 0.1) is 13.2 Å². The van der Waals surface area contributed by atoms with Crippen molar-refractivity contribution in [3.05, 3.63) is 57.5 Å². The van der Waals surface area contributed by atoms with Crippen molar-refractivity contribution in [1.29, 1.82) is 0 Å². The Labute approximate surface area is 167 Å². The highest BCUT2D eigenvalue weighted by Crippen LogP contribution is 2.42. The third-order valence-electron chi connectivity index (χ3n) is 5.71. The van der Waals surface area contributed by atoms with Crippen molar-refractivity contribution in [3.8, 4) is 5.75 Å². The van der Waals surface area contributed by atoms with E-state index < -0.39 is 22.8 Å². The fourth-order valence-electron chi connectivity index (χ4n) is 4.20. The summed E-state index contributed by atoms with van der Waals surface area (Å²) in [6.07, 6.45) is 4.76. The SMILES string of the molecule is O=C(NCCCc1ccc(F)cc1)c1nc2n(c(=O)c1O)CCOC21CCCC1. The van der Waals surface area contributed by atoms with Crippen molar-refractivity contribution in [1.82, 2.24) is 14.9 Å². The summed E-state index contributed by atoms with van der Waals surface area (Å²) in [5.41, 5.74) is -0.516. The first kappa shape index (κ1) is 19.6. The van der Waals surface area contributed by atoms with E-state index in [0.717, 1.165) is 31.2 Å². The summed E-state index contributed by atoms with van der Waals surface area (Å²) >= 11 is 0. The van der Waals surface area contributed by atoms with Crippen molar-refractivity contribution in [2.75, 3.05) is 13.2 Å². The van der Waals surface area contributed by atoms with Gasteiger partial charge in [-0.25, -0.2) is 9.37 Å². The summed E-state index contributed by atoms with van der Waals surface area (Å²) in [4.78, 5) is 29.6. The first-order valence-electron chi connectivity index (χ1n) is 10.0. The third-order valence-corrected chi connectivity index (χ3v) is 5.71. The Kier molecular flexibility index (Phi) is 5.36. The smallest absolute Gasteiger partial charge is 0.296 e. The number of aromatic nitrogens is 2. The van der Waals surface area contributed by atoms with E-state index in [9.17, 15) is 19.1 Å². The third kappa shape index (κ3) is 3.76. The Bertz CT molecular complexity index is 965. The zero-order valence-corrected chi connectivity index (χ0v) is 16.1. The van der Waals surface area contributed by atoms with E-state index in [2.05, 4.69) is 10.3 Å². The molecule has 1 aliphatic carbocycles. The maximum Gasteiger partial charge on any atom is 0.296 e. The molecule has 0 saturated heterocycles. The van der Waals surface area contributed by atoms with Gasteiger partial charge in [-0.3, -0.25) is 14.2 Å². The molecular weight excluding hydrogens is 377 g/mol. The number of amides is 1. The highest BCUT2D eigenvalue weighted by atomic mass is 19.1. The first-order valence-corrected chi connectivity index (χ1v) is 10.0. The fraction of sp³-hybridized carbons (Fsp3) is 0.476. The molecule has 1 amide bonds. The van der Waals surface area contributed by atoms with Gasteiger partial charge in [-0.2, -0.15) is 0 Å². The second kappa shape index (κ2) is 7.94. The molecule has 2 aromatic rings. The standard InChI is InChI=1S/C21H24FN3O4/c22-15-7-5-14(6-8-15)4-3-11-23-18(27)16-17(26)19(28)25-12-13-29-21(20(25)24-16)9-1-2-10-21/h5-8,26H,1-4,9-13H2,(H,23,27). The molecule has 1 aromatic heterocycles. The van der Waals surface area contributed by atoms with Gasteiger partial charge in [0, 0.05) is 6.54 Å². The van der Waals surface area contributed by atoms with Gasteiger partial charge in [-0.05, 0) is 56.2 Å². The van der Waals surface area contributed by atoms with Crippen LogP contribution in [0.5, 0.6) is 5.75 Å². The number of aromatic hydroxyl groups is 1. The van der Waals surface area contributed by atoms with E-state index in [1.165, 1.54) is 16.7 Å². The number of aryl methyl sites for hydroxylation is 1. The van der Waals surface area contributed by atoms with Crippen LogP contribution in [0.1, 0.15) is 54.0 Å². The predicted octanol–water partition coefficient (Wildman–Crippen LogP) is 2.25. The summed E-state index contributed by atoms with van der Waals surface area (Å²) in [7, 11) is 0. The van der Waals surface area contributed by atoms with Crippen LogP contribution in [0.25, 0.3) is 0 Å². The van der Waals surface area contributed by atoms with Gasteiger partial charge in [0.2, 0.25) is 5.75 Å². The minimum Gasteiger partial charge on any atom is -0.501 e. The normalized spacial score (nSPS) is 17.3. The topological polar surface area (TPSA) is 93.5 Å². The van der Waals surface area contributed by atoms with Crippen molar-refractivity contribution in [3.63, 3.8) is 0 Å². The predicted molar refractivity (Wildman–Crippen MR) is 103 cm³/mol. The van der Waals surface area contributed by atoms with Crippen LogP contribution >= 0.6 is 0 Å². The van der Waals surface area contributed by atoms with Gasteiger partial charge < -0.3 is 15.2 Å². The number of carbonyl (C=O) groups is 1. The van der Waals surface area contributed by atoms with Gasteiger partial charge >= 0.3 is 0 Å². The van der Waals surface area contributed by atoms with Gasteiger partial charge in [0.15, 0.2) is 5.69 Å². The average Bonchev–Trinajstić information content (AvgIpc) is 3.18. The molecule has 2 aliphatic rings. The molecule has 1 aliphatic heterocycles. The molecule has 0 bridgehead atoms.